The lowest BCUT2D eigenvalue weighted by molar-refractivity contribution is -0.134. The summed E-state index contributed by atoms with van der Waals surface area (Å²) in [7, 11) is 0. The second-order valence-electron chi connectivity index (χ2n) is 10.2. The van der Waals surface area contributed by atoms with Crippen molar-refractivity contribution in [3.8, 4) is 5.75 Å². The fourth-order valence-corrected chi connectivity index (χ4v) is 6.60. The quantitative estimate of drug-likeness (QED) is 0.704. The number of aryl methyl sites for hydroxylation is 1. The molecule has 4 aliphatic carbocycles. The minimum atomic E-state index is -0.338. The Bertz CT molecular complexity index is 751. The molecular weight excluding hydrogens is 364 g/mol. The minimum Gasteiger partial charge on any atom is -0.484 e. The summed E-state index contributed by atoms with van der Waals surface area (Å²) in [5.41, 5.74) is 7.73. The number of hydrogen-bond acceptors (Lipinski definition) is 3. The predicted molar refractivity (Wildman–Crippen MR) is 112 cm³/mol. The van der Waals surface area contributed by atoms with Gasteiger partial charge in [-0.3, -0.25) is 20.4 Å². The Hall–Kier alpha value is -2.04. The number of ether oxygens (including phenoxy) is 1. The van der Waals surface area contributed by atoms with Crippen molar-refractivity contribution in [3.05, 3.63) is 29.3 Å². The second-order valence-corrected chi connectivity index (χ2v) is 10.2. The van der Waals surface area contributed by atoms with Crippen molar-refractivity contribution in [2.75, 3.05) is 6.61 Å². The number of hydrogen-bond donors (Lipinski definition) is 2. The van der Waals surface area contributed by atoms with Crippen LogP contribution in [0, 0.1) is 30.1 Å². The highest BCUT2D eigenvalue weighted by molar-refractivity contribution is 5.83. The smallest absolute Gasteiger partial charge is 0.276 e. The zero-order valence-electron chi connectivity index (χ0n) is 17.9. The topological polar surface area (TPSA) is 67.4 Å². The number of nitrogens with one attached hydrogen (secondary N) is 2. The van der Waals surface area contributed by atoms with E-state index >= 15 is 0 Å². The molecular formula is C24H34N2O3. The molecule has 0 spiro atoms. The minimum absolute atomic E-state index is 0.0718. The molecule has 158 valence electrons. The van der Waals surface area contributed by atoms with Gasteiger partial charge in [-0.25, -0.2) is 0 Å². The molecule has 5 nitrogen and oxygen atoms in total. The molecule has 1 aromatic rings. The average Bonchev–Trinajstić information content (AvgIpc) is 2.63. The van der Waals surface area contributed by atoms with Gasteiger partial charge in [-0.1, -0.05) is 19.9 Å². The molecule has 1 aromatic carbocycles. The average molecular weight is 399 g/mol. The summed E-state index contributed by atoms with van der Waals surface area (Å²) in [6.45, 7) is 6.25. The van der Waals surface area contributed by atoms with Crippen LogP contribution in [-0.4, -0.2) is 18.4 Å². The second kappa shape index (κ2) is 8.00. The normalized spacial score (nSPS) is 29.7. The molecule has 29 heavy (non-hydrogen) atoms. The molecule has 4 saturated carbocycles. The summed E-state index contributed by atoms with van der Waals surface area (Å²) in [5.74, 6) is 3.18. The molecule has 0 aromatic heterocycles. The predicted octanol–water partition coefficient (Wildman–Crippen LogP) is 4.25. The van der Waals surface area contributed by atoms with Gasteiger partial charge < -0.3 is 4.74 Å². The third kappa shape index (κ3) is 4.59. The molecule has 5 rings (SSSR count). The molecule has 4 fully saturated rings. The van der Waals surface area contributed by atoms with Crippen LogP contribution in [0.4, 0.5) is 0 Å². The first-order chi connectivity index (χ1) is 13.8. The number of hydrazine groups is 1. The van der Waals surface area contributed by atoms with Crippen molar-refractivity contribution in [1.29, 1.82) is 0 Å². The van der Waals surface area contributed by atoms with Gasteiger partial charge in [0.05, 0.1) is 0 Å². The Morgan fingerprint density at radius 2 is 1.62 bits per heavy atom. The van der Waals surface area contributed by atoms with E-state index in [2.05, 4.69) is 24.7 Å². The van der Waals surface area contributed by atoms with E-state index in [1.807, 2.05) is 25.1 Å². The first kappa shape index (κ1) is 20.2. The Morgan fingerprint density at radius 3 is 2.17 bits per heavy atom. The van der Waals surface area contributed by atoms with E-state index in [-0.39, 0.29) is 23.8 Å². The monoisotopic (exact) mass is 398 g/mol. The van der Waals surface area contributed by atoms with Crippen LogP contribution in [0.15, 0.2) is 18.2 Å². The van der Waals surface area contributed by atoms with Crippen molar-refractivity contribution in [2.24, 2.45) is 23.2 Å². The summed E-state index contributed by atoms with van der Waals surface area (Å²) >= 11 is 0. The van der Waals surface area contributed by atoms with E-state index in [4.69, 9.17) is 4.74 Å². The van der Waals surface area contributed by atoms with Gasteiger partial charge in [0.1, 0.15) is 5.75 Å². The van der Waals surface area contributed by atoms with Gasteiger partial charge in [0.25, 0.3) is 5.91 Å². The van der Waals surface area contributed by atoms with E-state index in [1.165, 1.54) is 44.1 Å². The standard InChI is InChI=1S/C24H34N2O3/c1-15(2)21-5-4-20(6-16(21)3)29-14-23(28)26-25-22(27)13-24-10-17-7-18(11-24)9-19(8-17)12-24/h4-6,15,17-19H,7-14H2,1-3H3,(H,25,27)(H,26,28). The van der Waals surface area contributed by atoms with Gasteiger partial charge >= 0.3 is 0 Å². The third-order valence-electron chi connectivity index (χ3n) is 7.28. The van der Waals surface area contributed by atoms with Crippen LogP contribution in [0.3, 0.4) is 0 Å². The molecule has 5 heteroatoms. The Morgan fingerprint density at radius 1 is 1.03 bits per heavy atom. The van der Waals surface area contributed by atoms with Crippen LogP contribution >= 0.6 is 0 Å². The molecule has 4 aliphatic rings. The van der Waals surface area contributed by atoms with Gasteiger partial charge in [0.15, 0.2) is 6.61 Å². The third-order valence-corrected chi connectivity index (χ3v) is 7.28. The number of carbonyl (C=O) groups excluding carboxylic acids is 2. The maximum Gasteiger partial charge on any atom is 0.276 e. The first-order valence-electron chi connectivity index (χ1n) is 11.1. The summed E-state index contributed by atoms with van der Waals surface area (Å²) in [4.78, 5) is 24.6. The highest BCUT2D eigenvalue weighted by Crippen LogP contribution is 2.61. The lowest BCUT2D eigenvalue weighted by Gasteiger charge is -2.56. The zero-order chi connectivity index (χ0) is 20.6. The van der Waals surface area contributed by atoms with Crippen molar-refractivity contribution in [3.63, 3.8) is 0 Å². The Kier molecular flexibility index (Phi) is 5.58. The molecule has 2 N–H and O–H groups in total. The first-order valence-corrected chi connectivity index (χ1v) is 11.1. The summed E-state index contributed by atoms with van der Waals surface area (Å²) in [6, 6.07) is 5.88. The highest BCUT2D eigenvalue weighted by Gasteiger charge is 2.51. The fourth-order valence-electron chi connectivity index (χ4n) is 6.60. The Balaban J connectivity index is 1.22. The Labute approximate surface area is 173 Å². The lowest BCUT2D eigenvalue weighted by Crippen LogP contribution is -2.50. The van der Waals surface area contributed by atoms with Gasteiger partial charge in [-0.05, 0) is 97.8 Å². The highest BCUT2D eigenvalue weighted by atomic mass is 16.5. The SMILES string of the molecule is Cc1cc(OCC(=O)NNC(=O)CC23CC4CC(CC(C4)C2)C3)ccc1C(C)C. The van der Waals surface area contributed by atoms with E-state index in [9.17, 15) is 9.59 Å². The largest absolute Gasteiger partial charge is 0.484 e. The molecule has 0 radical (unpaired) electrons. The van der Waals surface area contributed by atoms with Crippen LogP contribution in [0.2, 0.25) is 0 Å². The van der Waals surface area contributed by atoms with E-state index in [0.717, 1.165) is 23.3 Å². The van der Waals surface area contributed by atoms with Crippen LogP contribution in [-0.2, 0) is 9.59 Å². The molecule has 2 amide bonds. The molecule has 0 saturated heterocycles. The van der Waals surface area contributed by atoms with Crippen LogP contribution in [0.25, 0.3) is 0 Å². The lowest BCUT2D eigenvalue weighted by atomic mass is 9.49. The van der Waals surface area contributed by atoms with Crippen LogP contribution in [0.5, 0.6) is 5.75 Å². The van der Waals surface area contributed by atoms with E-state index < -0.39 is 0 Å². The van der Waals surface area contributed by atoms with Crippen molar-refractivity contribution in [2.45, 2.75) is 71.6 Å². The van der Waals surface area contributed by atoms with E-state index in [1.54, 1.807) is 0 Å². The van der Waals surface area contributed by atoms with Crippen molar-refractivity contribution in [1.82, 2.24) is 10.9 Å². The van der Waals surface area contributed by atoms with Gasteiger partial charge in [-0.2, -0.15) is 0 Å². The van der Waals surface area contributed by atoms with E-state index in [0.29, 0.717) is 18.1 Å². The maximum atomic E-state index is 12.5. The number of rotatable bonds is 6. The maximum absolute atomic E-state index is 12.5. The summed E-state index contributed by atoms with van der Waals surface area (Å²) < 4.78 is 5.59. The molecule has 4 bridgehead atoms. The van der Waals surface area contributed by atoms with Crippen LogP contribution < -0.4 is 15.6 Å². The molecule has 0 unspecified atom stereocenters. The number of benzene rings is 1. The summed E-state index contributed by atoms with van der Waals surface area (Å²) in [6.07, 6.45) is 8.21. The summed E-state index contributed by atoms with van der Waals surface area (Å²) in [5, 5.41) is 0. The fraction of sp³-hybridized carbons (Fsp3) is 0.667. The van der Waals surface area contributed by atoms with Crippen LogP contribution in [0.1, 0.15) is 75.8 Å². The zero-order valence-corrected chi connectivity index (χ0v) is 17.9. The molecule has 0 aliphatic heterocycles. The van der Waals surface area contributed by atoms with Gasteiger partial charge in [-0.15, -0.1) is 0 Å². The number of carbonyl (C=O) groups is 2. The molecule has 0 heterocycles. The number of amides is 2. The van der Waals surface area contributed by atoms with Crippen molar-refractivity contribution >= 4 is 11.8 Å². The van der Waals surface area contributed by atoms with Gasteiger partial charge in [0.2, 0.25) is 5.91 Å². The van der Waals surface area contributed by atoms with Crippen molar-refractivity contribution < 1.29 is 14.3 Å². The molecule has 0 atom stereocenters. The van der Waals surface area contributed by atoms with Gasteiger partial charge in [0, 0.05) is 6.42 Å².